The average molecular weight is 170 g/mol. The largest absolute Gasteiger partial charge is 0.337 e. The van der Waals surface area contributed by atoms with Crippen LogP contribution >= 0.6 is 0 Å². The van der Waals surface area contributed by atoms with E-state index in [1.807, 2.05) is 4.90 Å². The molecule has 0 aromatic carbocycles. The summed E-state index contributed by atoms with van der Waals surface area (Å²) in [7, 11) is 0. The Bertz CT molecular complexity index is 168. The Balaban J connectivity index is 2.53. The SMILES string of the molecule is CC(C)C(C)N1CCNCC1=O. The molecule has 1 atom stereocenters. The summed E-state index contributed by atoms with van der Waals surface area (Å²) in [6, 6.07) is 0.375. The molecule has 1 amide bonds. The first-order valence-electron chi connectivity index (χ1n) is 4.63. The van der Waals surface area contributed by atoms with Gasteiger partial charge in [0, 0.05) is 19.1 Å². The van der Waals surface area contributed by atoms with Gasteiger partial charge in [-0.3, -0.25) is 4.79 Å². The van der Waals surface area contributed by atoms with Crippen molar-refractivity contribution in [2.45, 2.75) is 26.8 Å². The van der Waals surface area contributed by atoms with Crippen molar-refractivity contribution in [3.63, 3.8) is 0 Å². The maximum atomic E-state index is 11.4. The maximum Gasteiger partial charge on any atom is 0.236 e. The van der Waals surface area contributed by atoms with Crippen LogP contribution in [0.15, 0.2) is 0 Å². The second-order valence-electron chi connectivity index (χ2n) is 3.75. The summed E-state index contributed by atoms with van der Waals surface area (Å²) in [5.41, 5.74) is 0. The molecule has 1 rings (SSSR count). The van der Waals surface area contributed by atoms with Gasteiger partial charge in [-0.2, -0.15) is 0 Å². The Morgan fingerprint density at radius 1 is 1.42 bits per heavy atom. The molecule has 1 N–H and O–H groups in total. The molecular weight excluding hydrogens is 152 g/mol. The van der Waals surface area contributed by atoms with Gasteiger partial charge in [-0.25, -0.2) is 0 Å². The first-order valence-corrected chi connectivity index (χ1v) is 4.63. The Morgan fingerprint density at radius 3 is 2.58 bits per heavy atom. The van der Waals surface area contributed by atoms with E-state index in [2.05, 4.69) is 26.1 Å². The first kappa shape index (κ1) is 9.52. The number of nitrogens with zero attached hydrogens (tertiary/aromatic N) is 1. The molecule has 0 bridgehead atoms. The fraction of sp³-hybridized carbons (Fsp3) is 0.889. The summed E-state index contributed by atoms with van der Waals surface area (Å²) in [4.78, 5) is 13.4. The van der Waals surface area contributed by atoms with Crippen molar-refractivity contribution in [2.75, 3.05) is 19.6 Å². The van der Waals surface area contributed by atoms with E-state index >= 15 is 0 Å². The lowest BCUT2D eigenvalue weighted by atomic mass is 10.0. The second kappa shape index (κ2) is 3.90. The molecule has 0 aromatic rings. The van der Waals surface area contributed by atoms with Gasteiger partial charge in [0.1, 0.15) is 0 Å². The Hall–Kier alpha value is -0.570. The van der Waals surface area contributed by atoms with Gasteiger partial charge in [0.25, 0.3) is 0 Å². The van der Waals surface area contributed by atoms with Gasteiger partial charge < -0.3 is 10.2 Å². The van der Waals surface area contributed by atoms with E-state index in [-0.39, 0.29) is 5.91 Å². The van der Waals surface area contributed by atoms with E-state index in [4.69, 9.17) is 0 Å². The molecule has 70 valence electrons. The molecule has 3 heteroatoms. The van der Waals surface area contributed by atoms with Gasteiger partial charge >= 0.3 is 0 Å². The highest BCUT2D eigenvalue weighted by atomic mass is 16.2. The fourth-order valence-electron chi connectivity index (χ4n) is 1.41. The van der Waals surface area contributed by atoms with Crippen LogP contribution in [-0.4, -0.2) is 36.5 Å². The van der Waals surface area contributed by atoms with Gasteiger partial charge in [0.15, 0.2) is 0 Å². The van der Waals surface area contributed by atoms with Crippen molar-refractivity contribution in [3.8, 4) is 0 Å². The van der Waals surface area contributed by atoms with E-state index in [0.717, 1.165) is 13.1 Å². The van der Waals surface area contributed by atoms with E-state index in [1.165, 1.54) is 0 Å². The van der Waals surface area contributed by atoms with E-state index in [0.29, 0.717) is 18.5 Å². The van der Waals surface area contributed by atoms with E-state index in [9.17, 15) is 4.79 Å². The first-order chi connectivity index (χ1) is 5.63. The lowest BCUT2D eigenvalue weighted by Crippen LogP contribution is -2.52. The number of amides is 1. The molecule has 1 fully saturated rings. The molecule has 0 aliphatic carbocycles. The zero-order chi connectivity index (χ0) is 9.14. The van der Waals surface area contributed by atoms with E-state index in [1.54, 1.807) is 0 Å². The van der Waals surface area contributed by atoms with Gasteiger partial charge in [-0.1, -0.05) is 13.8 Å². The number of carbonyl (C=O) groups excluding carboxylic acids is 1. The van der Waals surface area contributed by atoms with Gasteiger partial charge in [-0.15, -0.1) is 0 Å². The van der Waals surface area contributed by atoms with Crippen LogP contribution < -0.4 is 5.32 Å². The molecule has 3 nitrogen and oxygen atoms in total. The lowest BCUT2D eigenvalue weighted by molar-refractivity contribution is -0.134. The van der Waals surface area contributed by atoms with Crippen molar-refractivity contribution in [1.82, 2.24) is 10.2 Å². The Labute approximate surface area is 74.1 Å². The molecule has 0 radical (unpaired) electrons. The molecule has 0 aromatic heterocycles. The van der Waals surface area contributed by atoms with Crippen molar-refractivity contribution in [2.24, 2.45) is 5.92 Å². The topological polar surface area (TPSA) is 32.3 Å². The van der Waals surface area contributed by atoms with Crippen molar-refractivity contribution in [1.29, 1.82) is 0 Å². The summed E-state index contributed by atoms with van der Waals surface area (Å²) in [5, 5.41) is 3.07. The van der Waals surface area contributed by atoms with Crippen molar-refractivity contribution >= 4 is 5.91 Å². The van der Waals surface area contributed by atoms with Gasteiger partial charge in [0.05, 0.1) is 6.54 Å². The summed E-state index contributed by atoms with van der Waals surface area (Å²) >= 11 is 0. The molecule has 1 aliphatic heterocycles. The minimum atomic E-state index is 0.238. The van der Waals surface area contributed by atoms with Crippen molar-refractivity contribution in [3.05, 3.63) is 0 Å². The number of hydrogen-bond acceptors (Lipinski definition) is 2. The summed E-state index contributed by atoms with van der Waals surface area (Å²) in [5.74, 6) is 0.787. The number of carbonyl (C=O) groups is 1. The van der Waals surface area contributed by atoms with Crippen LogP contribution in [0, 0.1) is 5.92 Å². The van der Waals surface area contributed by atoms with Crippen LogP contribution in [0.25, 0.3) is 0 Å². The summed E-state index contributed by atoms with van der Waals surface area (Å²) in [6.07, 6.45) is 0. The highest BCUT2D eigenvalue weighted by Gasteiger charge is 2.24. The quantitative estimate of drug-likeness (QED) is 0.653. The highest BCUT2D eigenvalue weighted by Crippen LogP contribution is 2.10. The summed E-state index contributed by atoms with van der Waals surface area (Å²) in [6.45, 7) is 8.73. The van der Waals surface area contributed by atoms with Crippen LogP contribution in [0.3, 0.4) is 0 Å². The standard InChI is InChI=1S/C9H18N2O/c1-7(2)8(3)11-5-4-10-6-9(11)12/h7-8,10H,4-6H2,1-3H3. The predicted octanol–water partition coefficient (Wildman–Crippen LogP) is 0.463. The van der Waals surface area contributed by atoms with Crippen LogP contribution in [0.4, 0.5) is 0 Å². The molecule has 12 heavy (non-hydrogen) atoms. The molecular formula is C9H18N2O. The average Bonchev–Trinajstić information content (AvgIpc) is 2.04. The number of hydrogen-bond donors (Lipinski definition) is 1. The van der Waals surface area contributed by atoms with Crippen LogP contribution in [0.1, 0.15) is 20.8 Å². The molecule has 1 aliphatic rings. The van der Waals surface area contributed by atoms with E-state index < -0.39 is 0 Å². The minimum absolute atomic E-state index is 0.238. The highest BCUT2D eigenvalue weighted by molar-refractivity contribution is 5.79. The molecule has 1 saturated heterocycles. The zero-order valence-corrected chi connectivity index (χ0v) is 8.13. The molecule has 0 spiro atoms. The Morgan fingerprint density at radius 2 is 2.08 bits per heavy atom. The predicted molar refractivity (Wildman–Crippen MR) is 48.9 cm³/mol. The Kier molecular flexibility index (Phi) is 3.09. The molecule has 1 heterocycles. The number of piperazine rings is 1. The van der Waals surface area contributed by atoms with Crippen LogP contribution in [0.2, 0.25) is 0 Å². The minimum Gasteiger partial charge on any atom is -0.337 e. The molecule has 1 unspecified atom stereocenters. The summed E-state index contributed by atoms with van der Waals surface area (Å²) < 4.78 is 0. The normalized spacial score (nSPS) is 21.7. The third-order valence-corrected chi connectivity index (χ3v) is 2.58. The second-order valence-corrected chi connectivity index (χ2v) is 3.75. The van der Waals surface area contributed by atoms with Gasteiger partial charge in [-0.05, 0) is 12.8 Å². The number of nitrogens with one attached hydrogen (secondary N) is 1. The smallest absolute Gasteiger partial charge is 0.236 e. The number of rotatable bonds is 2. The van der Waals surface area contributed by atoms with Crippen molar-refractivity contribution < 1.29 is 4.79 Å². The fourth-order valence-corrected chi connectivity index (χ4v) is 1.41. The van der Waals surface area contributed by atoms with Crippen LogP contribution in [-0.2, 0) is 4.79 Å². The monoisotopic (exact) mass is 170 g/mol. The third kappa shape index (κ3) is 1.97. The maximum absolute atomic E-state index is 11.4. The van der Waals surface area contributed by atoms with Gasteiger partial charge in [0.2, 0.25) is 5.91 Å². The third-order valence-electron chi connectivity index (χ3n) is 2.58. The zero-order valence-electron chi connectivity index (χ0n) is 8.13. The lowest BCUT2D eigenvalue weighted by Gasteiger charge is -2.35. The van der Waals surface area contributed by atoms with Crippen LogP contribution in [0.5, 0.6) is 0 Å². The molecule has 0 saturated carbocycles.